The largest absolute Gasteiger partial charge is 0.384 e. The molecule has 0 radical (unpaired) electrons. The zero-order valence-corrected chi connectivity index (χ0v) is 3.96. The maximum atomic E-state index is 5.00. The van der Waals surface area contributed by atoms with Crippen LogP contribution in [0.5, 0.6) is 0 Å². The van der Waals surface area contributed by atoms with Crippen molar-refractivity contribution < 1.29 is 0 Å². The van der Waals surface area contributed by atoms with Gasteiger partial charge in [0.1, 0.15) is 12.2 Å². The minimum absolute atomic E-state index is 0.243. The first kappa shape index (κ1) is 5.88. The lowest BCUT2D eigenvalue weighted by molar-refractivity contribution is 1.27. The highest BCUT2D eigenvalue weighted by Crippen LogP contribution is 1.73. The zero-order valence-electron chi connectivity index (χ0n) is 3.96. The Labute approximate surface area is 42.3 Å². The fourth-order valence-electron chi connectivity index (χ4n) is 0.115. The van der Waals surface area contributed by atoms with Gasteiger partial charge in [-0.05, 0) is 6.72 Å². The molecule has 0 aliphatic rings. The van der Waals surface area contributed by atoms with Gasteiger partial charge in [-0.25, -0.2) is 4.99 Å². The fourth-order valence-corrected chi connectivity index (χ4v) is 0.115. The Bertz CT molecular complexity index is 104. The fraction of sp³-hybridized carbons (Fsp3) is 0. The Balaban J connectivity index is 3.46. The maximum Gasteiger partial charge on any atom is 0.117 e. The first-order chi connectivity index (χ1) is 3.27. The molecule has 0 bridgehead atoms. The average molecular weight is 97.1 g/mol. The Morgan fingerprint density at radius 3 is 2.43 bits per heavy atom. The molecule has 0 saturated carbocycles. The molecule has 0 fully saturated rings. The summed E-state index contributed by atoms with van der Waals surface area (Å²) < 4.78 is 0. The summed E-state index contributed by atoms with van der Waals surface area (Å²) in [6.45, 7) is 6.42. The summed E-state index contributed by atoms with van der Waals surface area (Å²) in [6, 6.07) is 0. The topological polar surface area (TPSA) is 50.7 Å². The summed E-state index contributed by atoms with van der Waals surface area (Å²) in [5.41, 5.74) is 5.00. The van der Waals surface area contributed by atoms with Crippen molar-refractivity contribution >= 4 is 13.1 Å². The van der Waals surface area contributed by atoms with Crippen molar-refractivity contribution in [2.75, 3.05) is 0 Å². The van der Waals surface area contributed by atoms with Gasteiger partial charge in [0.25, 0.3) is 0 Å². The molecule has 2 N–H and O–H groups in total. The van der Waals surface area contributed by atoms with Gasteiger partial charge in [0.15, 0.2) is 0 Å². The van der Waals surface area contributed by atoms with E-state index >= 15 is 0 Å². The van der Waals surface area contributed by atoms with E-state index < -0.39 is 0 Å². The molecule has 3 nitrogen and oxygen atoms in total. The summed E-state index contributed by atoms with van der Waals surface area (Å²) in [6.07, 6.45) is 1.24. The van der Waals surface area contributed by atoms with E-state index in [0.717, 1.165) is 0 Å². The van der Waals surface area contributed by atoms with Crippen molar-refractivity contribution in [2.24, 2.45) is 15.7 Å². The van der Waals surface area contributed by atoms with E-state index in [1.807, 2.05) is 0 Å². The highest BCUT2D eigenvalue weighted by Gasteiger charge is 1.66. The van der Waals surface area contributed by atoms with E-state index in [-0.39, 0.29) is 5.82 Å². The second kappa shape index (κ2) is 3.08. The van der Waals surface area contributed by atoms with E-state index in [2.05, 4.69) is 23.3 Å². The van der Waals surface area contributed by atoms with E-state index in [1.54, 1.807) is 0 Å². The predicted octanol–water partition coefficient (Wildman–Crippen LogP) is 0.145. The molecule has 0 saturated heterocycles. The summed E-state index contributed by atoms with van der Waals surface area (Å²) >= 11 is 0. The number of nitrogens with two attached hydrogens (primary N) is 1. The second-order valence-corrected chi connectivity index (χ2v) is 0.918. The van der Waals surface area contributed by atoms with Crippen LogP contribution in [-0.2, 0) is 0 Å². The zero-order chi connectivity index (χ0) is 5.70. The Morgan fingerprint density at radius 1 is 1.71 bits per heavy atom. The van der Waals surface area contributed by atoms with Crippen molar-refractivity contribution in [3.63, 3.8) is 0 Å². The number of hydrogen-bond acceptors (Lipinski definition) is 2. The Hall–Kier alpha value is -1.12. The van der Waals surface area contributed by atoms with Gasteiger partial charge < -0.3 is 5.73 Å². The van der Waals surface area contributed by atoms with Crippen molar-refractivity contribution in [2.45, 2.75) is 0 Å². The van der Waals surface area contributed by atoms with Crippen molar-refractivity contribution in [3.05, 3.63) is 12.4 Å². The minimum Gasteiger partial charge on any atom is -0.384 e. The molecule has 0 heterocycles. The minimum atomic E-state index is 0.243. The molecule has 0 aromatic rings. The highest BCUT2D eigenvalue weighted by molar-refractivity contribution is 5.62. The lowest BCUT2D eigenvalue weighted by atomic mass is 10.9. The molecule has 38 valence electrons. The summed E-state index contributed by atoms with van der Waals surface area (Å²) in [5, 5.41) is 0. The highest BCUT2D eigenvalue weighted by atomic mass is 14.9. The number of aliphatic imine (C=N–C) groups is 2. The number of nitrogens with zero attached hydrogens (tertiary/aromatic N) is 2. The molecule has 0 atom stereocenters. The Morgan fingerprint density at radius 2 is 2.29 bits per heavy atom. The summed E-state index contributed by atoms with van der Waals surface area (Å²) in [7, 11) is 0. The van der Waals surface area contributed by atoms with Crippen molar-refractivity contribution in [1.29, 1.82) is 0 Å². The molecule has 7 heavy (non-hydrogen) atoms. The van der Waals surface area contributed by atoms with E-state index in [1.165, 1.54) is 6.34 Å². The van der Waals surface area contributed by atoms with Crippen LogP contribution in [0, 0.1) is 0 Å². The van der Waals surface area contributed by atoms with Crippen LogP contribution in [0.2, 0.25) is 0 Å². The van der Waals surface area contributed by atoms with Gasteiger partial charge in [-0.3, -0.25) is 4.99 Å². The molecule has 0 unspecified atom stereocenters. The van der Waals surface area contributed by atoms with Crippen LogP contribution in [0.4, 0.5) is 0 Å². The van der Waals surface area contributed by atoms with Crippen molar-refractivity contribution in [3.8, 4) is 0 Å². The smallest absolute Gasteiger partial charge is 0.117 e. The average Bonchev–Trinajstić information content (AvgIpc) is 1.61. The molecule has 0 spiro atoms. The molecule has 0 amide bonds. The normalized spacial score (nSPS) is 9.14. The lowest BCUT2D eigenvalue weighted by Gasteiger charge is -1.78. The van der Waals surface area contributed by atoms with Gasteiger partial charge in [-0.15, -0.1) is 0 Å². The van der Waals surface area contributed by atoms with Crippen LogP contribution < -0.4 is 5.73 Å². The van der Waals surface area contributed by atoms with Crippen molar-refractivity contribution in [1.82, 2.24) is 0 Å². The number of rotatable bonds is 2. The van der Waals surface area contributed by atoms with Gasteiger partial charge >= 0.3 is 0 Å². The third-order valence-electron chi connectivity index (χ3n) is 0.305. The van der Waals surface area contributed by atoms with Crippen LogP contribution in [0.15, 0.2) is 22.4 Å². The van der Waals surface area contributed by atoms with Crippen LogP contribution in [-0.4, -0.2) is 13.1 Å². The molecule has 0 aliphatic carbocycles. The quantitative estimate of drug-likeness (QED) is 0.387. The first-order valence-corrected chi connectivity index (χ1v) is 1.70. The van der Waals surface area contributed by atoms with E-state index in [0.29, 0.717) is 0 Å². The Kier molecular flexibility index (Phi) is 2.59. The molecule has 0 aliphatic heterocycles. The van der Waals surface area contributed by atoms with Gasteiger partial charge in [-0.1, -0.05) is 6.58 Å². The molecule has 0 aromatic heterocycles. The second-order valence-electron chi connectivity index (χ2n) is 0.918. The first-order valence-electron chi connectivity index (χ1n) is 1.70. The van der Waals surface area contributed by atoms with Crippen LogP contribution in [0.1, 0.15) is 0 Å². The van der Waals surface area contributed by atoms with Gasteiger partial charge in [0.05, 0.1) is 0 Å². The van der Waals surface area contributed by atoms with Gasteiger partial charge in [0, 0.05) is 0 Å². The third-order valence-corrected chi connectivity index (χ3v) is 0.305. The molecule has 0 aromatic carbocycles. The summed E-state index contributed by atoms with van der Waals surface area (Å²) in [5.74, 6) is 0.243. The molecule has 0 rings (SSSR count). The molecule has 3 heteroatoms. The SMILES string of the molecule is C=N/C=N\C(=C)N. The maximum absolute atomic E-state index is 5.00. The lowest BCUT2D eigenvalue weighted by Crippen LogP contribution is -1.88. The molecular formula is C4H7N3. The standard InChI is InChI=1S/C4H7N3/c1-4(5)7-3-6-2/h3H,1-2,5H2/b7-3-. The van der Waals surface area contributed by atoms with E-state index in [9.17, 15) is 0 Å². The van der Waals surface area contributed by atoms with Gasteiger partial charge in [0.2, 0.25) is 0 Å². The van der Waals surface area contributed by atoms with E-state index in [4.69, 9.17) is 5.73 Å². The number of hydrogen-bond donors (Lipinski definition) is 1. The summed E-state index contributed by atoms with van der Waals surface area (Å²) in [4.78, 5) is 6.77. The van der Waals surface area contributed by atoms with Crippen LogP contribution in [0.3, 0.4) is 0 Å². The van der Waals surface area contributed by atoms with Gasteiger partial charge in [-0.2, -0.15) is 0 Å². The van der Waals surface area contributed by atoms with Crippen LogP contribution >= 0.6 is 0 Å². The monoisotopic (exact) mass is 97.1 g/mol. The molecular weight excluding hydrogens is 90.1 g/mol. The van der Waals surface area contributed by atoms with Crippen LogP contribution in [0.25, 0.3) is 0 Å². The third kappa shape index (κ3) is 4.88. The predicted molar refractivity (Wildman–Crippen MR) is 31.4 cm³/mol.